The van der Waals surface area contributed by atoms with Gasteiger partial charge in [0.2, 0.25) is 5.91 Å². The fourth-order valence-corrected chi connectivity index (χ4v) is 1.14. The van der Waals surface area contributed by atoms with Gasteiger partial charge in [-0.15, -0.1) is 0 Å². The molecule has 0 heterocycles. The summed E-state index contributed by atoms with van der Waals surface area (Å²) in [7, 11) is 0. The lowest BCUT2D eigenvalue weighted by atomic mass is 10.2. The maximum absolute atomic E-state index is 13.0. The van der Waals surface area contributed by atoms with E-state index in [0.29, 0.717) is 0 Å². The Morgan fingerprint density at radius 2 is 2.20 bits per heavy atom. The molecule has 0 unspecified atom stereocenters. The third kappa shape index (κ3) is 2.63. The molecule has 15 heavy (non-hydrogen) atoms. The SMILES string of the molecule is CC(=O)Nc1cc(F)c(Cl)cc1[N+](=O)[O-]. The Bertz CT molecular complexity index is 436. The van der Waals surface area contributed by atoms with Crippen LogP contribution in [0.25, 0.3) is 0 Å². The van der Waals surface area contributed by atoms with E-state index in [1.165, 1.54) is 0 Å². The average molecular weight is 233 g/mol. The normalized spacial score (nSPS) is 9.80. The third-order valence-electron chi connectivity index (χ3n) is 1.55. The third-order valence-corrected chi connectivity index (χ3v) is 1.84. The van der Waals surface area contributed by atoms with E-state index < -0.39 is 22.3 Å². The Labute approximate surface area is 89.0 Å². The molecule has 1 rings (SSSR count). The molecule has 0 saturated carbocycles. The zero-order valence-corrected chi connectivity index (χ0v) is 8.34. The molecule has 80 valence electrons. The van der Waals surface area contributed by atoms with Crippen molar-refractivity contribution in [2.24, 2.45) is 0 Å². The molecule has 0 aliphatic carbocycles. The average Bonchev–Trinajstić information content (AvgIpc) is 2.09. The minimum absolute atomic E-state index is 0.214. The second-order valence-electron chi connectivity index (χ2n) is 2.72. The summed E-state index contributed by atoms with van der Waals surface area (Å²) in [6, 6.07) is 1.66. The molecule has 0 aromatic heterocycles. The summed E-state index contributed by atoms with van der Waals surface area (Å²) in [6.07, 6.45) is 0. The summed E-state index contributed by atoms with van der Waals surface area (Å²) in [4.78, 5) is 20.5. The number of nitrogens with zero attached hydrogens (tertiary/aromatic N) is 1. The van der Waals surface area contributed by atoms with Crippen LogP contribution in [0.1, 0.15) is 6.92 Å². The first-order valence-corrected chi connectivity index (χ1v) is 4.20. The highest BCUT2D eigenvalue weighted by Gasteiger charge is 2.18. The molecule has 1 aromatic rings. The van der Waals surface area contributed by atoms with Crippen molar-refractivity contribution in [1.29, 1.82) is 0 Å². The van der Waals surface area contributed by atoms with Gasteiger partial charge in [0.15, 0.2) is 0 Å². The first kappa shape index (κ1) is 11.4. The lowest BCUT2D eigenvalue weighted by Crippen LogP contribution is -2.08. The van der Waals surface area contributed by atoms with Crippen molar-refractivity contribution in [2.75, 3.05) is 5.32 Å². The summed E-state index contributed by atoms with van der Waals surface area (Å²) in [5.74, 6) is -1.36. The van der Waals surface area contributed by atoms with Gasteiger partial charge in [-0.2, -0.15) is 0 Å². The molecule has 1 N–H and O–H groups in total. The Balaban J connectivity index is 3.28. The lowest BCUT2D eigenvalue weighted by Gasteiger charge is -2.04. The number of nitro groups is 1. The number of benzene rings is 1. The Morgan fingerprint density at radius 3 is 2.67 bits per heavy atom. The van der Waals surface area contributed by atoms with Crippen molar-refractivity contribution in [2.45, 2.75) is 6.92 Å². The topological polar surface area (TPSA) is 72.2 Å². The van der Waals surface area contributed by atoms with Crippen molar-refractivity contribution >= 4 is 28.9 Å². The molecule has 0 spiro atoms. The number of rotatable bonds is 2. The van der Waals surface area contributed by atoms with Gasteiger partial charge in [-0.05, 0) is 0 Å². The van der Waals surface area contributed by atoms with Gasteiger partial charge in [0.05, 0.1) is 9.95 Å². The summed E-state index contributed by atoms with van der Waals surface area (Å²) in [5.41, 5.74) is -0.661. The van der Waals surface area contributed by atoms with Crippen molar-refractivity contribution in [1.82, 2.24) is 0 Å². The molecule has 0 aliphatic rings. The molecule has 1 aromatic carbocycles. The Morgan fingerprint density at radius 1 is 1.60 bits per heavy atom. The first-order valence-electron chi connectivity index (χ1n) is 3.83. The number of hydrogen-bond acceptors (Lipinski definition) is 3. The highest BCUT2D eigenvalue weighted by Crippen LogP contribution is 2.30. The molecule has 0 saturated heterocycles. The lowest BCUT2D eigenvalue weighted by molar-refractivity contribution is -0.384. The van der Waals surface area contributed by atoms with E-state index >= 15 is 0 Å². The first-order chi connectivity index (χ1) is 6.91. The van der Waals surface area contributed by atoms with E-state index in [1.807, 2.05) is 0 Å². The highest BCUT2D eigenvalue weighted by molar-refractivity contribution is 6.31. The second kappa shape index (κ2) is 4.22. The van der Waals surface area contributed by atoms with Crippen LogP contribution >= 0.6 is 11.6 Å². The predicted molar refractivity (Wildman–Crippen MR) is 52.4 cm³/mol. The second-order valence-corrected chi connectivity index (χ2v) is 3.13. The van der Waals surface area contributed by atoms with E-state index in [-0.39, 0.29) is 10.7 Å². The van der Waals surface area contributed by atoms with Crippen LogP contribution in [0, 0.1) is 15.9 Å². The number of amides is 1. The number of carbonyl (C=O) groups excluding carboxylic acids is 1. The van der Waals surface area contributed by atoms with Crippen LogP contribution in [0.2, 0.25) is 5.02 Å². The monoisotopic (exact) mass is 232 g/mol. The van der Waals surface area contributed by atoms with Crippen LogP contribution in [-0.4, -0.2) is 10.8 Å². The van der Waals surface area contributed by atoms with E-state index in [4.69, 9.17) is 11.6 Å². The van der Waals surface area contributed by atoms with Crippen LogP contribution < -0.4 is 5.32 Å². The van der Waals surface area contributed by atoms with E-state index in [9.17, 15) is 19.3 Å². The van der Waals surface area contributed by atoms with Crippen LogP contribution in [0.15, 0.2) is 12.1 Å². The number of nitrogens with one attached hydrogen (secondary N) is 1. The van der Waals surface area contributed by atoms with Gasteiger partial charge >= 0.3 is 0 Å². The van der Waals surface area contributed by atoms with Crippen molar-refractivity contribution < 1.29 is 14.1 Å². The summed E-state index contributed by atoms with van der Waals surface area (Å²) >= 11 is 5.37. The van der Waals surface area contributed by atoms with Crippen LogP contribution in [-0.2, 0) is 4.79 Å². The minimum Gasteiger partial charge on any atom is -0.321 e. The zero-order chi connectivity index (χ0) is 11.6. The van der Waals surface area contributed by atoms with Gasteiger partial charge in [-0.25, -0.2) is 4.39 Å². The molecule has 0 fully saturated rings. The maximum Gasteiger partial charge on any atom is 0.294 e. The number of halogens is 2. The maximum atomic E-state index is 13.0. The molecule has 5 nitrogen and oxygen atoms in total. The number of carbonyl (C=O) groups is 1. The number of nitro benzene ring substituents is 1. The van der Waals surface area contributed by atoms with Crippen molar-refractivity contribution in [3.63, 3.8) is 0 Å². The zero-order valence-electron chi connectivity index (χ0n) is 7.58. The smallest absolute Gasteiger partial charge is 0.294 e. The molecule has 0 bridgehead atoms. The van der Waals surface area contributed by atoms with Gasteiger partial charge in [0, 0.05) is 19.1 Å². The number of hydrogen-bond donors (Lipinski definition) is 1. The molecule has 1 amide bonds. The van der Waals surface area contributed by atoms with Gasteiger partial charge in [-0.1, -0.05) is 11.6 Å². The fourth-order valence-electron chi connectivity index (χ4n) is 0.977. The van der Waals surface area contributed by atoms with Crippen LogP contribution in [0.5, 0.6) is 0 Å². The van der Waals surface area contributed by atoms with Gasteiger partial charge < -0.3 is 5.32 Å². The van der Waals surface area contributed by atoms with E-state index in [1.54, 1.807) is 0 Å². The quantitative estimate of drug-likeness (QED) is 0.628. The van der Waals surface area contributed by atoms with Crippen molar-refractivity contribution in [3.8, 4) is 0 Å². The van der Waals surface area contributed by atoms with E-state index in [0.717, 1.165) is 19.1 Å². The van der Waals surface area contributed by atoms with Crippen LogP contribution in [0.3, 0.4) is 0 Å². The van der Waals surface area contributed by atoms with Gasteiger partial charge in [0.25, 0.3) is 5.69 Å². The van der Waals surface area contributed by atoms with E-state index in [2.05, 4.69) is 5.32 Å². The Kier molecular flexibility index (Phi) is 3.21. The predicted octanol–water partition coefficient (Wildman–Crippen LogP) is 2.35. The summed E-state index contributed by atoms with van der Waals surface area (Å²) in [6.45, 7) is 1.16. The Hall–Kier alpha value is -1.69. The fraction of sp³-hybridized carbons (Fsp3) is 0.125. The molecule has 0 aliphatic heterocycles. The summed E-state index contributed by atoms with van der Waals surface area (Å²) < 4.78 is 13.0. The van der Waals surface area contributed by atoms with Gasteiger partial charge in [0.1, 0.15) is 11.5 Å². The molecule has 0 atom stereocenters. The summed E-state index contributed by atoms with van der Waals surface area (Å²) in [5, 5.41) is 12.3. The minimum atomic E-state index is -0.828. The largest absolute Gasteiger partial charge is 0.321 e. The molecular formula is C8H6ClFN2O3. The standard InChI is InChI=1S/C8H6ClFN2O3/c1-4(13)11-7-3-6(10)5(9)2-8(7)12(14)15/h2-3H,1H3,(H,11,13). The van der Waals surface area contributed by atoms with Crippen LogP contribution in [0.4, 0.5) is 15.8 Å². The molecule has 7 heteroatoms. The van der Waals surface area contributed by atoms with Crippen molar-refractivity contribution in [3.05, 3.63) is 33.1 Å². The number of anilines is 1. The molecular weight excluding hydrogens is 227 g/mol. The molecule has 0 radical (unpaired) electrons. The highest BCUT2D eigenvalue weighted by atomic mass is 35.5. The van der Waals surface area contributed by atoms with Gasteiger partial charge in [-0.3, -0.25) is 14.9 Å².